The molecule has 11 heavy (non-hydrogen) atoms. The molecule has 0 spiro atoms. The first-order valence-corrected chi connectivity index (χ1v) is 3.84. The van der Waals surface area contributed by atoms with E-state index in [2.05, 4.69) is 10.6 Å². The summed E-state index contributed by atoms with van der Waals surface area (Å²) in [6, 6.07) is 0. The molecule has 0 saturated carbocycles. The fourth-order valence-corrected chi connectivity index (χ4v) is 0.768. The zero-order valence-corrected chi connectivity index (χ0v) is 7.18. The predicted octanol–water partition coefficient (Wildman–Crippen LogP) is -1.08. The Balaban J connectivity index is 3.47. The van der Waals surface area contributed by atoms with E-state index in [0.29, 0.717) is 19.6 Å². The summed E-state index contributed by atoms with van der Waals surface area (Å²) in [5, 5.41) is 5.65. The van der Waals surface area contributed by atoms with E-state index >= 15 is 0 Å². The first kappa shape index (κ1) is 10.4. The van der Waals surface area contributed by atoms with Crippen LogP contribution in [0.25, 0.3) is 0 Å². The van der Waals surface area contributed by atoms with Crippen LogP contribution in [0, 0.1) is 5.92 Å². The van der Waals surface area contributed by atoms with Crippen LogP contribution in [0.3, 0.4) is 0 Å². The molecule has 0 bridgehead atoms. The number of rotatable bonds is 5. The number of amides is 1. The lowest BCUT2D eigenvalue weighted by molar-refractivity contribution is -0.124. The van der Waals surface area contributed by atoms with E-state index in [4.69, 9.17) is 5.73 Å². The van der Waals surface area contributed by atoms with Gasteiger partial charge in [-0.25, -0.2) is 0 Å². The molecule has 1 amide bonds. The average molecular weight is 159 g/mol. The normalized spacial score (nSPS) is 12.6. The molecule has 0 aliphatic carbocycles. The second-order valence-corrected chi connectivity index (χ2v) is 2.54. The third-order valence-corrected chi connectivity index (χ3v) is 1.40. The summed E-state index contributed by atoms with van der Waals surface area (Å²) >= 11 is 0. The topological polar surface area (TPSA) is 67.2 Å². The minimum atomic E-state index is 0.0200. The smallest absolute Gasteiger partial charge is 0.224 e. The average Bonchev–Trinajstić information content (AvgIpc) is 2.00. The van der Waals surface area contributed by atoms with E-state index in [0.717, 1.165) is 0 Å². The molecular formula is C7H17N3O. The third-order valence-electron chi connectivity index (χ3n) is 1.40. The number of carbonyl (C=O) groups excluding carboxylic acids is 1. The van der Waals surface area contributed by atoms with E-state index in [-0.39, 0.29) is 11.8 Å². The van der Waals surface area contributed by atoms with Gasteiger partial charge in [-0.05, 0) is 7.05 Å². The van der Waals surface area contributed by atoms with E-state index < -0.39 is 0 Å². The zero-order chi connectivity index (χ0) is 8.69. The highest BCUT2D eigenvalue weighted by Crippen LogP contribution is 1.90. The molecule has 0 aliphatic heterocycles. The minimum absolute atomic E-state index is 0.0200. The summed E-state index contributed by atoms with van der Waals surface area (Å²) in [6.07, 6.45) is 0. The summed E-state index contributed by atoms with van der Waals surface area (Å²) in [5.74, 6) is 0.0800. The Kier molecular flexibility index (Phi) is 5.78. The first-order valence-electron chi connectivity index (χ1n) is 3.84. The van der Waals surface area contributed by atoms with Gasteiger partial charge in [-0.1, -0.05) is 6.92 Å². The van der Waals surface area contributed by atoms with Crippen LogP contribution in [-0.2, 0) is 4.79 Å². The standard InChI is InChI=1S/C7H17N3O/c1-6(5-9-2)7(11)10-4-3-8/h6,9H,3-5,8H2,1-2H3,(H,10,11). The fraction of sp³-hybridized carbons (Fsp3) is 0.857. The van der Waals surface area contributed by atoms with Crippen molar-refractivity contribution in [3.05, 3.63) is 0 Å². The van der Waals surface area contributed by atoms with Gasteiger partial charge in [-0.15, -0.1) is 0 Å². The van der Waals surface area contributed by atoms with Crippen LogP contribution in [0.15, 0.2) is 0 Å². The van der Waals surface area contributed by atoms with Crippen molar-refractivity contribution in [2.24, 2.45) is 11.7 Å². The first-order chi connectivity index (χ1) is 5.22. The maximum atomic E-state index is 11.1. The Bertz CT molecular complexity index is 116. The summed E-state index contributed by atoms with van der Waals surface area (Å²) in [4.78, 5) is 11.1. The van der Waals surface area contributed by atoms with E-state index in [1.165, 1.54) is 0 Å². The predicted molar refractivity (Wildman–Crippen MR) is 45.2 cm³/mol. The van der Waals surface area contributed by atoms with E-state index in [9.17, 15) is 4.79 Å². The van der Waals surface area contributed by atoms with Crippen molar-refractivity contribution in [2.45, 2.75) is 6.92 Å². The Hall–Kier alpha value is -0.610. The second-order valence-electron chi connectivity index (χ2n) is 2.54. The van der Waals surface area contributed by atoms with E-state index in [1.54, 1.807) is 0 Å². The maximum Gasteiger partial charge on any atom is 0.224 e. The Morgan fingerprint density at radius 2 is 2.27 bits per heavy atom. The summed E-state index contributed by atoms with van der Waals surface area (Å²) in [7, 11) is 1.83. The van der Waals surface area contributed by atoms with Crippen molar-refractivity contribution < 1.29 is 4.79 Å². The van der Waals surface area contributed by atoms with Crippen LogP contribution in [-0.4, -0.2) is 32.6 Å². The van der Waals surface area contributed by atoms with Crippen molar-refractivity contribution in [3.8, 4) is 0 Å². The summed E-state index contributed by atoms with van der Waals surface area (Å²) in [6.45, 7) is 3.64. The van der Waals surface area contributed by atoms with Gasteiger partial charge in [0, 0.05) is 25.6 Å². The highest BCUT2D eigenvalue weighted by atomic mass is 16.1. The number of hydrogen-bond donors (Lipinski definition) is 3. The van der Waals surface area contributed by atoms with Gasteiger partial charge in [-0.3, -0.25) is 4.79 Å². The van der Waals surface area contributed by atoms with Crippen molar-refractivity contribution in [3.63, 3.8) is 0 Å². The molecule has 0 aromatic heterocycles. The molecule has 0 radical (unpaired) electrons. The van der Waals surface area contributed by atoms with Gasteiger partial charge in [0.15, 0.2) is 0 Å². The number of nitrogens with one attached hydrogen (secondary N) is 2. The highest BCUT2D eigenvalue weighted by Gasteiger charge is 2.09. The lowest BCUT2D eigenvalue weighted by Gasteiger charge is -2.10. The molecule has 4 nitrogen and oxygen atoms in total. The van der Waals surface area contributed by atoms with Gasteiger partial charge in [0.25, 0.3) is 0 Å². The third kappa shape index (κ3) is 4.75. The van der Waals surface area contributed by atoms with Crippen molar-refractivity contribution in [2.75, 3.05) is 26.7 Å². The molecule has 4 heteroatoms. The second kappa shape index (κ2) is 6.12. The monoisotopic (exact) mass is 159 g/mol. The van der Waals surface area contributed by atoms with E-state index in [1.807, 2.05) is 14.0 Å². The largest absolute Gasteiger partial charge is 0.355 e. The van der Waals surface area contributed by atoms with Crippen molar-refractivity contribution in [1.82, 2.24) is 10.6 Å². The minimum Gasteiger partial charge on any atom is -0.355 e. The van der Waals surface area contributed by atoms with Crippen LogP contribution in [0.5, 0.6) is 0 Å². The molecule has 1 atom stereocenters. The molecule has 0 rings (SSSR count). The Morgan fingerprint density at radius 3 is 2.73 bits per heavy atom. The van der Waals surface area contributed by atoms with Gasteiger partial charge >= 0.3 is 0 Å². The molecule has 0 aromatic rings. The number of hydrogen-bond acceptors (Lipinski definition) is 3. The molecule has 0 fully saturated rings. The van der Waals surface area contributed by atoms with Crippen molar-refractivity contribution in [1.29, 1.82) is 0 Å². The van der Waals surface area contributed by atoms with Gasteiger partial charge < -0.3 is 16.4 Å². The molecule has 0 aromatic carbocycles. The fourth-order valence-electron chi connectivity index (χ4n) is 0.768. The van der Waals surface area contributed by atoms with Gasteiger partial charge in [-0.2, -0.15) is 0 Å². The van der Waals surface area contributed by atoms with Crippen LogP contribution in [0.4, 0.5) is 0 Å². The van der Waals surface area contributed by atoms with Crippen LogP contribution in [0.1, 0.15) is 6.92 Å². The molecule has 4 N–H and O–H groups in total. The molecule has 0 saturated heterocycles. The molecular weight excluding hydrogens is 142 g/mol. The summed E-state index contributed by atoms with van der Waals surface area (Å²) < 4.78 is 0. The molecule has 0 aliphatic rings. The zero-order valence-electron chi connectivity index (χ0n) is 7.18. The van der Waals surface area contributed by atoms with Crippen molar-refractivity contribution >= 4 is 5.91 Å². The highest BCUT2D eigenvalue weighted by molar-refractivity contribution is 5.78. The molecule has 66 valence electrons. The number of carbonyl (C=O) groups is 1. The quantitative estimate of drug-likeness (QED) is 0.478. The van der Waals surface area contributed by atoms with Crippen LogP contribution >= 0.6 is 0 Å². The van der Waals surface area contributed by atoms with Crippen LogP contribution in [0.2, 0.25) is 0 Å². The maximum absolute atomic E-state index is 11.1. The summed E-state index contributed by atoms with van der Waals surface area (Å²) in [5.41, 5.74) is 5.22. The Labute approximate surface area is 67.5 Å². The van der Waals surface area contributed by atoms with Gasteiger partial charge in [0.05, 0.1) is 0 Å². The SMILES string of the molecule is CNCC(C)C(=O)NCCN. The van der Waals surface area contributed by atoms with Gasteiger partial charge in [0.2, 0.25) is 5.91 Å². The lowest BCUT2D eigenvalue weighted by Crippen LogP contribution is -2.36. The Morgan fingerprint density at radius 1 is 1.64 bits per heavy atom. The van der Waals surface area contributed by atoms with Crippen LogP contribution < -0.4 is 16.4 Å². The molecule has 0 heterocycles. The lowest BCUT2D eigenvalue weighted by atomic mass is 10.1. The van der Waals surface area contributed by atoms with Gasteiger partial charge in [0.1, 0.15) is 0 Å². The number of nitrogens with two attached hydrogens (primary N) is 1. The molecule has 1 unspecified atom stereocenters.